The summed E-state index contributed by atoms with van der Waals surface area (Å²) in [6, 6.07) is 6.57. The summed E-state index contributed by atoms with van der Waals surface area (Å²) in [4.78, 5) is 48.8. The molecule has 0 aromatic heterocycles. The van der Waals surface area contributed by atoms with Crippen molar-refractivity contribution in [1.82, 2.24) is 16.0 Å². The molecule has 9 nitrogen and oxygen atoms in total. The highest BCUT2D eigenvalue weighted by Gasteiger charge is 2.28. The molecule has 0 heterocycles. The molecule has 0 radical (unpaired) electrons. The largest absolute Gasteiger partial charge is 0.480 e. The molecule has 0 aliphatic carbocycles. The molecule has 0 saturated heterocycles. The fraction of sp³-hybridized carbons (Fsp3) is 0.545. The topological polar surface area (TPSA) is 151 Å². The Morgan fingerprint density at radius 3 is 2.19 bits per heavy atom. The van der Waals surface area contributed by atoms with Crippen molar-refractivity contribution in [2.24, 2.45) is 11.7 Å². The summed E-state index contributed by atoms with van der Waals surface area (Å²) < 4.78 is 0. The van der Waals surface area contributed by atoms with Gasteiger partial charge >= 0.3 is 5.97 Å². The lowest BCUT2D eigenvalue weighted by atomic mass is 10.0. The number of carbonyl (C=O) groups is 4. The van der Waals surface area contributed by atoms with Gasteiger partial charge in [0.1, 0.15) is 18.6 Å². The minimum atomic E-state index is -1.18. The molecule has 0 aliphatic heterocycles. The zero-order valence-electron chi connectivity index (χ0n) is 18.8. The van der Waals surface area contributed by atoms with E-state index in [1.165, 1.54) is 11.8 Å². The van der Waals surface area contributed by atoms with Crippen molar-refractivity contribution in [3.63, 3.8) is 0 Å². The van der Waals surface area contributed by atoms with Crippen LogP contribution in [0.3, 0.4) is 0 Å². The quantitative estimate of drug-likeness (QED) is 0.268. The third-order valence-electron chi connectivity index (χ3n) is 4.64. The number of carboxylic acids is 1. The van der Waals surface area contributed by atoms with E-state index in [0.29, 0.717) is 18.6 Å². The molecule has 3 atom stereocenters. The van der Waals surface area contributed by atoms with Gasteiger partial charge in [0.25, 0.3) is 0 Å². The second-order valence-corrected chi connectivity index (χ2v) is 8.93. The Labute approximate surface area is 193 Å². The van der Waals surface area contributed by atoms with Crippen LogP contribution < -0.4 is 21.7 Å². The van der Waals surface area contributed by atoms with Crippen molar-refractivity contribution in [2.75, 3.05) is 18.6 Å². The first-order valence-electron chi connectivity index (χ1n) is 10.5. The Bertz CT molecular complexity index is 760. The zero-order valence-corrected chi connectivity index (χ0v) is 19.6. The Morgan fingerprint density at radius 1 is 1.00 bits per heavy atom. The fourth-order valence-corrected chi connectivity index (χ4v) is 3.49. The highest BCUT2D eigenvalue weighted by molar-refractivity contribution is 7.98. The second kappa shape index (κ2) is 14.5. The third-order valence-corrected chi connectivity index (χ3v) is 5.28. The molecule has 0 fully saturated rings. The van der Waals surface area contributed by atoms with Gasteiger partial charge in [-0.25, -0.2) is 0 Å². The first-order chi connectivity index (χ1) is 15.1. The summed E-state index contributed by atoms with van der Waals surface area (Å²) >= 11 is 1.50. The molecule has 6 N–H and O–H groups in total. The average molecular weight is 467 g/mol. The van der Waals surface area contributed by atoms with E-state index in [9.17, 15) is 19.2 Å². The molecule has 0 spiro atoms. The highest BCUT2D eigenvalue weighted by Crippen LogP contribution is 2.08. The van der Waals surface area contributed by atoms with E-state index in [1.807, 2.05) is 50.4 Å². The number of amides is 3. The van der Waals surface area contributed by atoms with E-state index in [-0.39, 0.29) is 12.3 Å². The summed E-state index contributed by atoms with van der Waals surface area (Å²) in [5.74, 6) is -1.94. The molecular weight excluding hydrogens is 432 g/mol. The molecule has 10 heteroatoms. The fourth-order valence-electron chi connectivity index (χ4n) is 3.02. The van der Waals surface area contributed by atoms with E-state index in [4.69, 9.17) is 10.8 Å². The van der Waals surface area contributed by atoms with Crippen molar-refractivity contribution in [3.05, 3.63) is 35.9 Å². The van der Waals surface area contributed by atoms with Crippen LogP contribution in [0.5, 0.6) is 0 Å². The van der Waals surface area contributed by atoms with E-state index in [0.717, 1.165) is 5.56 Å². The first kappa shape index (κ1) is 27.4. The Kier molecular flexibility index (Phi) is 12.4. The Hall–Kier alpha value is -2.59. The van der Waals surface area contributed by atoms with Crippen LogP contribution in [0, 0.1) is 5.92 Å². The molecule has 1 aromatic carbocycles. The number of carboxylic acid groups (broad SMARTS) is 1. The van der Waals surface area contributed by atoms with Gasteiger partial charge in [0.2, 0.25) is 17.7 Å². The van der Waals surface area contributed by atoms with Crippen LogP contribution in [-0.4, -0.2) is 65.5 Å². The lowest BCUT2D eigenvalue weighted by Crippen LogP contribution is -2.56. The smallest absolute Gasteiger partial charge is 0.322 e. The number of aliphatic carboxylic acids is 1. The minimum Gasteiger partial charge on any atom is -0.480 e. The van der Waals surface area contributed by atoms with Gasteiger partial charge in [0, 0.05) is 6.42 Å². The standard InChI is InChI=1S/C22H34N4O5S/c1-14(2)11-16(23)20(29)26-18(12-15-7-5-4-6-8-15)22(31)25-17(9-10-32-3)21(30)24-13-19(27)28/h4-8,14,16-18H,9-13,23H2,1-3H3,(H,24,30)(H,25,31)(H,26,29)(H,27,28). The van der Waals surface area contributed by atoms with Gasteiger partial charge in [-0.1, -0.05) is 44.2 Å². The molecular formula is C22H34N4O5S. The molecule has 1 aromatic rings. The number of thioether (sulfide) groups is 1. The number of hydrogen-bond acceptors (Lipinski definition) is 6. The number of nitrogens with one attached hydrogen (secondary N) is 3. The Morgan fingerprint density at radius 2 is 1.62 bits per heavy atom. The average Bonchev–Trinajstić information content (AvgIpc) is 2.74. The van der Waals surface area contributed by atoms with E-state index >= 15 is 0 Å². The maximum atomic E-state index is 13.1. The molecule has 3 unspecified atom stereocenters. The number of hydrogen-bond donors (Lipinski definition) is 5. The SMILES string of the molecule is CSCCC(NC(=O)C(Cc1ccccc1)NC(=O)C(N)CC(C)C)C(=O)NCC(=O)O. The number of nitrogens with two attached hydrogens (primary N) is 1. The summed E-state index contributed by atoms with van der Waals surface area (Å²) in [7, 11) is 0. The lowest BCUT2D eigenvalue weighted by Gasteiger charge is -2.24. The van der Waals surface area contributed by atoms with Crippen LogP contribution in [0.4, 0.5) is 0 Å². The lowest BCUT2D eigenvalue weighted by molar-refractivity contribution is -0.138. The van der Waals surface area contributed by atoms with Gasteiger partial charge in [-0.15, -0.1) is 0 Å². The van der Waals surface area contributed by atoms with Crippen LogP contribution in [0.2, 0.25) is 0 Å². The predicted octanol–water partition coefficient (Wildman–Crippen LogP) is 0.526. The molecule has 0 saturated carbocycles. The normalized spacial score (nSPS) is 13.7. The van der Waals surface area contributed by atoms with Crippen LogP contribution in [-0.2, 0) is 25.6 Å². The maximum Gasteiger partial charge on any atom is 0.322 e. The van der Waals surface area contributed by atoms with Crippen LogP contribution >= 0.6 is 11.8 Å². The summed E-state index contributed by atoms with van der Waals surface area (Å²) in [6.45, 7) is 3.36. The second-order valence-electron chi connectivity index (χ2n) is 7.94. The number of rotatable bonds is 14. The van der Waals surface area contributed by atoms with Gasteiger partial charge in [0.05, 0.1) is 6.04 Å². The van der Waals surface area contributed by atoms with Gasteiger partial charge in [-0.05, 0) is 36.3 Å². The van der Waals surface area contributed by atoms with E-state index in [1.54, 1.807) is 0 Å². The van der Waals surface area contributed by atoms with Crippen molar-refractivity contribution in [1.29, 1.82) is 0 Å². The Balaban J connectivity index is 2.97. The van der Waals surface area contributed by atoms with Crippen molar-refractivity contribution < 1.29 is 24.3 Å². The predicted molar refractivity (Wildman–Crippen MR) is 125 cm³/mol. The number of benzene rings is 1. The summed E-state index contributed by atoms with van der Waals surface area (Å²) in [5.41, 5.74) is 6.81. The number of carbonyl (C=O) groups excluding carboxylic acids is 3. The van der Waals surface area contributed by atoms with Gasteiger partial charge in [-0.3, -0.25) is 19.2 Å². The molecule has 32 heavy (non-hydrogen) atoms. The van der Waals surface area contributed by atoms with Crippen molar-refractivity contribution in [2.45, 2.75) is 51.2 Å². The van der Waals surface area contributed by atoms with Crippen LogP contribution in [0.25, 0.3) is 0 Å². The molecule has 0 bridgehead atoms. The van der Waals surface area contributed by atoms with Crippen molar-refractivity contribution >= 4 is 35.5 Å². The first-order valence-corrected chi connectivity index (χ1v) is 11.9. The minimum absolute atomic E-state index is 0.214. The molecule has 178 valence electrons. The molecule has 1 rings (SSSR count). The van der Waals surface area contributed by atoms with Crippen molar-refractivity contribution in [3.8, 4) is 0 Å². The maximum absolute atomic E-state index is 13.1. The molecule has 0 aliphatic rings. The summed E-state index contributed by atoms with van der Waals surface area (Å²) in [6.07, 6.45) is 2.87. The highest BCUT2D eigenvalue weighted by atomic mass is 32.2. The van der Waals surface area contributed by atoms with Crippen LogP contribution in [0.1, 0.15) is 32.3 Å². The third kappa shape index (κ3) is 10.6. The van der Waals surface area contributed by atoms with Gasteiger partial charge < -0.3 is 26.8 Å². The zero-order chi connectivity index (χ0) is 24.1. The summed E-state index contributed by atoms with van der Waals surface area (Å²) in [5, 5.41) is 16.5. The van der Waals surface area contributed by atoms with E-state index < -0.39 is 48.4 Å². The van der Waals surface area contributed by atoms with E-state index in [2.05, 4.69) is 16.0 Å². The van der Waals surface area contributed by atoms with Gasteiger partial charge in [-0.2, -0.15) is 11.8 Å². The monoisotopic (exact) mass is 466 g/mol. The van der Waals surface area contributed by atoms with Crippen LogP contribution in [0.15, 0.2) is 30.3 Å². The molecule has 3 amide bonds. The van der Waals surface area contributed by atoms with Gasteiger partial charge in [0.15, 0.2) is 0 Å².